The van der Waals surface area contributed by atoms with Crippen LogP contribution in [0.2, 0.25) is 0 Å². The third-order valence-corrected chi connectivity index (χ3v) is 1.86. The average Bonchev–Trinajstić information content (AvgIpc) is 2.22. The smallest absolute Gasteiger partial charge is 0.154 e. The minimum Gasteiger partial charge on any atom is -0.393 e. The van der Waals surface area contributed by atoms with Crippen molar-refractivity contribution in [3.8, 4) is 0 Å². The van der Waals surface area contributed by atoms with E-state index >= 15 is 0 Å². The third-order valence-electron chi connectivity index (χ3n) is 1.86. The normalized spacial score (nSPS) is 16.3. The molecule has 2 N–H and O–H groups in total. The van der Waals surface area contributed by atoms with E-state index in [1.54, 1.807) is 0 Å². The summed E-state index contributed by atoms with van der Waals surface area (Å²) >= 11 is 0. The summed E-state index contributed by atoms with van der Waals surface area (Å²) in [6, 6.07) is -0.262. The molecule has 0 aliphatic carbocycles. The van der Waals surface area contributed by atoms with Crippen LogP contribution in [0.25, 0.3) is 0 Å². The summed E-state index contributed by atoms with van der Waals surface area (Å²) in [5, 5.41) is 3.92. The van der Waals surface area contributed by atoms with Crippen LogP contribution in [-0.2, 0) is 14.3 Å². The van der Waals surface area contributed by atoms with Gasteiger partial charge < -0.3 is 20.0 Å². The van der Waals surface area contributed by atoms with Gasteiger partial charge in [-0.15, -0.1) is 0 Å². The molecule has 0 bridgehead atoms. The van der Waals surface area contributed by atoms with Crippen molar-refractivity contribution in [2.24, 2.45) is 10.9 Å². The first kappa shape index (κ1) is 15.3. The van der Waals surface area contributed by atoms with Gasteiger partial charge in [0.15, 0.2) is 6.29 Å². The SMILES string of the molecule is CCOC(C)OCC(N)/C(C)=N\OC(C)C. The molecule has 5 nitrogen and oxygen atoms in total. The second kappa shape index (κ2) is 8.50. The van der Waals surface area contributed by atoms with Crippen molar-refractivity contribution in [2.45, 2.75) is 53.1 Å². The minimum absolute atomic E-state index is 0.0606. The molecular weight excluding hydrogens is 208 g/mol. The summed E-state index contributed by atoms with van der Waals surface area (Å²) in [6.45, 7) is 10.4. The van der Waals surface area contributed by atoms with Gasteiger partial charge in [-0.3, -0.25) is 0 Å². The maximum absolute atomic E-state index is 5.86. The molecule has 0 spiro atoms. The molecule has 16 heavy (non-hydrogen) atoms. The van der Waals surface area contributed by atoms with Crippen molar-refractivity contribution in [1.82, 2.24) is 0 Å². The van der Waals surface area contributed by atoms with Crippen molar-refractivity contribution in [1.29, 1.82) is 0 Å². The highest BCUT2D eigenvalue weighted by Crippen LogP contribution is 1.97. The van der Waals surface area contributed by atoms with Crippen molar-refractivity contribution in [3.05, 3.63) is 0 Å². The van der Waals surface area contributed by atoms with Crippen LogP contribution in [0.15, 0.2) is 5.16 Å². The Labute approximate surface area is 97.9 Å². The van der Waals surface area contributed by atoms with Gasteiger partial charge in [0.05, 0.1) is 18.4 Å². The molecule has 0 saturated carbocycles. The van der Waals surface area contributed by atoms with Crippen molar-refractivity contribution >= 4 is 5.71 Å². The van der Waals surface area contributed by atoms with Crippen LogP contribution >= 0.6 is 0 Å². The molecule has 0 aromatic carbocycles. The Bertz CT molecular complexity index is 207. The fraction of sp³-hybridized carbons (Fsp3) is 0.909. The highest BCUT2D eigenvalue weighted by Gasteiger charge is 2.10. The first-order valence-electron chi connectivity index (χ1n) is 5.66. The van der Waals surface area contributed by atoms with E-state index in [1.165, 1.54) is 0 Å². The summed E-state index contributed by atoms with van der Waals surface area (Å²) in [7, 11) is 0. The number of oxime groups is 1. The van der Waals surface area contributed by atoms with Gasteiger partial charge in [0.25, 0.3) is 0 Å². The molecule has 0 aliphatic rings. The Hall–Kier alpha value is -0.650. The monoisotopic (exact) mass is 232 g/mol. The van der Waals surface area contributed by atoms with Gasteiger partial charge in [-0.25, -0.2) is 0 Å². The van der Waals surface area contributed by atoms with E-state index < -0.39 is 0 Å². The van der Waals surface area contributed by atoms with Gasteiger partial charge in [0.2, 0.25) is 0 Å². The Kier molecular flexibility index (Phi) is 8.15. The van der Waals surface area contributed by atoms with Crippen molar-refractivity contribution in [2.75, 3.05) is 13.2 Å². The summed E-state index contributed by atoms with van der Waals surface area (Å²) in [6.07, 6.45) is -0.180. The van der Waals surface area contributed by atoms with Gasteiger partial charge in [-0.1, -0.05) is 5.16 Å². The third kappa shape index (κ3) is 7.62. The summed E-state index contributed by atoms with van der Waals surface area (Å²) in [5.41, 5.74) is 6.58. The molecule has 0 amide bonds. The number of hydrogen-bond donors (Lipinski definition) is 1. The van der Waals surface area contributed by atoms with Gasteiger partial charge in [-0.2, -0.15) is 0 Å². The van der Waals surface area contributed by atoms with E-state index in [-0.39, 0.29) is 18.4 Å². The minimum atomic E-state index is -0.262. The van der Waals surface area contributed by atoms with Crippen molar-refractivity contribution < 1.29 is 14.3 Å². The molecule has 0 radical (unpaired) electrons. The Morgan fingerprint density at radius 3 is 2.38 bits per heavy atom. The maximum Gasteiger partial charge on any atom is 0.154 e. The quantitative estimate of drug-likeness (QED) is 0.391. The van der Waals surface area contributed by atoms with Crippen LogP contribution in [-0.4, -0.2) is 37.4 Å². The van der Waals surface area contributed by atoms with E-state index in [1.807, 2.05) is 34.6 Å². The highest BCUT2D eigenvalue weighted by atomic mass is 16.7. The molecular formula is C11H24N2O3. The number of hydrogen-bond acceptors (Lipinski definition) is 5. The molecule has 0 aromatic heterocycles. The first-order valence-corrected chi connectivity index (χ1v) is 5.66. The molecule has 0 fully saturated rings. The van der Waals surface area contributed by atoms with Gasteiger partial charge in [-0.05, 0) is 34.6 Å². The zero-order valence-electron chi connectivity index (χ0n) is 10.9. The van der Waals surface area contributed by atoms with E-state index in [0.717, 1.165) is 5.71 Å². The maximum atomic E-state index is 5.86. The molecule has 96 valence electrons. The fourth-order valence-electron chi connectivity index (χ4n) is 0.899. The molecule has 0 saturated heterocycles. The zero-order valence-corrected chi connectivity index (χ0v) is 10.9. The summed E-state index contributed by atoms with van der Waals surface area (Å²) in [5.74, 6) is 0. The molecule has 0 heterocycles. The van der Waals surface area contributed by atoms with Crippen LogP contribution in [0.3, 0.4) is 0 Å². The lowest BCUT2D eigenvalue weighted by Gasteiger charge is -2.16. The lowest BCUT2D eigenvalue weighted by molar-refractivity contribution is -0.127. The number of nitrogens with two attached hydrogens (primary N) is 1. The van der Waals surface area contributed by atoms with Gasteiger partial charge in [0, 0.05) is 6.61 Å². The van der Waals surface area contributed by atoms with Crippen LogP contribution < -0.4 is 5.73 Å². The van der Waals surface area contributed by atoms with E-state index in [4.69, 9.17) is 20.0 Å². The summed E-state index contributed by atoms with van der Waals surface area (Å²) in [4.78, 5) is 5.10. The van der Waals surface area contributed by atoms with Gasteiger partial charge >= 0.3 is 0 Å². The highest BCUT2D eigenvalue weighted by molar-refractivity contribution is 5.86. The fourth-order valence-corrected chi connectivity index (χ4v) is 0.899. The second-order valence-electron chi connectivity index (χ2n) is 3.85. The van der Waals surface area contributed by atoms with Crippen LogP contribution in [0.1, 0.15) is 34.6 Å². The largest absolute Gasteiger partial charge is 0.393 e. The van der Waals surface area contributed by atoms with Crippen LogP contribution in [0.4, 0.5) is 0 Å². The number of nitrogens with zero attached hydrogens (tertiary/aromatic N) is 1. The van der Waals surface area contributed by atoms with E-state index in [0.29, 0.717) is 13.2 Å². The Morgan fingerprint density at radius 1 is 1.25 bits per heavy atom. The average molecular weight is 232 g/mol. The van der Waals surface area contributed by atoms with Gasteiger partial charge in [0.1, 0.15) is 6.10 Å². The molecule has 5 heteroatoms. The second-order valence-corrected chi connectivity index (χ2v) is 3.85. The van der Waals surface area contributed by atoms with Crippen LogP contribution in [0, 0.1) is 0 Å². The Balaban J connectivity index is 3.86. The van der Waals surface area contributed by atoms with Crippen LogP contribution in [0.5, 0.6) is 0 Å². The summed E-state index contributed by atoms with van der Waals surface area (Å²) < 4.78 is 10.6. The predicted octanol–water partition coefficient (Wildman–Crippen LogP) is 1.51. The lowest BCUT2D eigenvalue weighted by atomic mass is 10.2. The molecule has 2 atom stereocenters. The zero-order chi connectivity index (χ0) is 12.6. The standard InChI is InChI=1S/C11H24N2O3/c1-6-14-10(5)15-7-11(12)9(4)13-16-8(2)3/h8,10-11H,6-7,12H2,1-5H3/b13-9-. The first-order chi connectivity index (χ1) is 7.47. The molecule has 0 rings (SSSR count). The van der Waals surface area contributed by atoms with Crippen molar-refractivity contribution in [3.63, 3.8) is 0 Å². The lowest BCUT2D eigenvalue weighted by Crippen LogP contribution is -2.35. The van der Waals surface area contributed by atoms with E-state index in [2.05, 4.69) is 5.16 Å². The molecule has 2 unspecified atom stereocenters. The van der Waals surface area contributed by atoms with E-state index in [9.17, 15) is 0 Å². The Morgan fingerprint density at radius 2 is 1.88 bits per heavy atom. The topological polar surface area (TPSA) is 66.1 Å². The predicted molar refractivity (Wildman–Crippen MR) is 64.3 cm³/mol. The molecule has 0 aromatic rings. The molecule has 0 aliphatic heterocycles. The number of ether oxygens (including phenoxy) is 2. The number of rotatable bonds is 8.